The molecule has 0 bridgehead atoms. The van der Waals surface area contributed by atoms with Gasteiger partial charge in [0, 0.05) is 23.0 Å². The first-order chi connectivity index (χ1) is 9.97. The number of nitrogens with one attached hydrogen (secondary N) is 2. The number of benzene rings is 1. The Balaban J connectivity index is 1.94. The van der Waals surface area contributed by atoms with Crippen LogP contribution in [0.4, 0.5) is 6.01 Å². The third-order valence-corrected chi connectivity index (χ3v) is 3.65. The van der Waals surface area contributed by atoms with E-state index in [1.165, 1.54) is 0 Å². The number of fused-ring (bicyclic) bond motifs is 1. The van der Waals surface area contributed by atoms with Gasteiger partial charge in [-0.25, -0.2) is 0 Å². The number of hydrogen-bond donors (Lipinski definition) is 2. The molecule has 1 aromatic carbocycles. The first-order valence-electron chi connectivity index (χ1n) is 7.10. The molecule has 114 valence electrons. The Bertz CT molecular complexity index is 626. The highest BCUT2D eigenvalue weighted by atomic mass is 79.9. The molecule has 6 heteroatoms. The zero-order chi connectivity index (χ0) is 15.4. The van der Waals surface area contributed by atoms with Crippen LogP contribution in [0.25, 0.3) is 11.1 Å². The van der Waals surface area contributed by atoms with Crippen LogP contribution in [0.1, 0.15) is 33.6 Å². The minimum absolute atomic E-state index is 0.0708. The molecule has 1 heterocycles. The first-order valence-corrected chi connectivity index (χ1v) is 7.89. The molecule has 2 aromatic rings. The number of carbonyl (C=O) groups excluding carboxylic acids is 1. The van der Waals surface area contributed by atoms with E-state index in [-0.39, 0.29) is 18.0 Å². The molecule has 1 aromatic heterocycles. The molecule has 0 aliphatic heterocycles. The van der Waals surface area contributed by atoms with E-state index in [2.05, 4.69) is 31.5 Å². The van der Waals surface area contributed by atoms with Crippen LogP contribution in [-0.4, -0.2) is 23.0 Å². The molecule has 0 saturated carbocycles. The summed E-state index contributed by atoms with van der Waals surface area (Å²) in [4.78, 5) is 15.7. The fourth-order valence-electron chi connectivity index (χ4n) is 2.20. The SMILES string of the molecule is CCC(=O)NC(C)CC(C)Nc1nc2ccc(Br)cc2o1. The van der Waals surface area contributed by atoms with Crippen LogP contribution in [-0.2, 0) is 4.79 Å². The third-order valence-electron chi connectivity index (χ3n) is 3.16. The number of anilines is 1. The Morgan fingerprint density at radius 3 is 2.86 bits per heavy atom. The van der Waals surface area contributed by atoms with Gasteiger partial charge in [-0.15, -0.1) is 0 Å². The molecular weight excluding hydrogens is 334 g/mol. The fourth-order valence-corrected chi connectivity index (χ4v) is 2.54. The van der Waals surface area contributed by atoms with Gasteiger partial charge in [0.05, 0.1) is 0 Å². The van der Waals surface area contributed by atoms with Gasteiger partial charge in [0.2, 0.25) is 5.91 Å². The quantitative estimate of drug-likeness (QED) is 0.830. The number of oxazole rings is 1. The maximum Gasteiger partial charge on any atom is 0.295 e. The summed E-state index contributed by atoms with van der Waals surface area (Å²) in [5, 5.41) is 6.17. The molecule has 0 fully saturated rings. The maximum absolute atomic E-state index is 11.3. The highest BCUT2D eigenvalue weighted by molar-refractivity contribution is 9.10. The summed E-state index contributed by atoms with van der Waals surface area (Å²) in [6.45, 7) is 5.88. The lowest BCUT2D eigenvalue weighted by atomic mass is 10.1. The average Bonchev–Trinajstić information content (AvgIpc) is 2.79. The van der Waals surface area contributed by atoms with Crippen molar-refractivity contribution in [3.05, 3.63) is 22.7 Å². The predicted molar refractivity (Wildman–Crippen MR) is 87.3 cm³/mol. The normalized spacial score (nSPS) is 13.9. The molecule has 0 saturated heterocycles. The van der Waals surface area contributed by atoms with Crippen LogP contribution >= 0.6 is 15.9 Å². The molecule has 0 aliphatic rings. The highest BCUT2D eigenvalue weighted by Crippen LogP contribution is 2.23. The van der Waals surface area contributed by atoms with Gasteiger partial charge >= 0.3 is 0 Å². The lowest BCUT2D eigenvalue weighted by Gasteiger charge is -2.18. The molecule has 5 nitrogen and oxygen atoms in total. The standard InChI is InChI=1S/C15H20BrN3O2/c1-4-14(20)17-9(2)7-10(3)18-15-19-12-6-5-11(16)8-13(12)21-15/h5-6,8-10H,4,7H2,1-3H3,(H,17,20)(H,18,19). The summed E-state index contributed by atoms with van der Waals surface area (Å²) >= 11 is 3.41. The van der Waals surface area contributed by atoms with E-state index in [1.807, 2.05) is 39.0 Å². The zero-order valence-electron chi connectivity index (χ0n) is 12.4. The lowest BCUT2D eigenvalue weighted by Crippen LogP contribution is -2.35. The Kier molecular flexibility index (Phi) is 5.22. The van der Waals surface area contributed by atoms with E-state index < -0.39 is 0 Å². The van der Waals surface area contributed by atoms with Crippen molar-refractivity contribution in [1.82, 2.24) is 10.3 Å². The van der Waals surface area contributed by atoms with Gasteiger partial charge in [-0.05, 0) is 38.5 Å². The van der Waals surface area contributed by atoms with E-state index in [9.17, 15) is 4.79 Å². The number of halogens is 1. The van der Waals surface area contributed by atoms with E-state index in [1.54, 1.807) is 0 Å². The molecule has 1 amide bonds. The number of hydrogen-bond acceptors (Lipinski definition) is 4. The van der Waals surface area contributed by atoms with Crippen molar-refractivity contribution in [3.8, 4) is 0 Å². The second-order valence-electron chi connectivity index (χ2n) is 5.23. The Hall–Kier alpha value is -1.56. The summed E-state index contributed by atoms with van der Waals surface area (Å²) in [6.07, 6.45) is 1.31. The molecular formula is C15H20BrN3O2. The minimum atomic E-state index is 0.0708. The average molecular weight is 354 g/mol. The van der Waals surface area contributed by atoms with Gasteiger partial charge in [-0.2, -0.15) is 4.98 Å². The van der Waals surface area contributed by atoms with Crippen molar-refractivity contribution in [2.45, 2.75) is 45.7 Å². The Morgan fingerprint density at radius 1 is 1.38 bits per heavy atom. The van der Waals surface area contributed by atoms with Crippen LogP contribution in [0.5, 0.6) is 0 Å². The molecule has 21 heavy (non-hydrogen) atoms. The second-order valence-corrected chi connectivity index (χ2v) is 6.15. The maximum atomic E-state index is 11.3. The molecule has 2 rings (SSSR count). The Labute approximate surface area is 132 Å². The van der Waals surface area contributed by atoms with Crippen LogP contribution in [0.2, 0.25) is 0 Å². The molecule has 2 N–H and O–H groups in total. The molecule has 0 spiro atoms. The number of amides is 1. The van der Waals surface area contributed by atoms with Gasteiger partial charge in [-0.3, -0.25) is 4.79 Å². The molecule has 0 aliphatic carbocycles. The predicted octanol–water partition coefficient (Wildman–Crippen LogP) is 3.70. The van der Waals surface area contributed by atoms with Crippen LogP contribution in [0.3, 0.4) is 0 Å². The number of nitrogens with zero attached hydrogens (tertiary/aromatic N) is 1. The summed E-state index contributed by atoms with van der Waals surface area (Å²) in [5.74, 6) is 0.0708. The largest absolute Gasteiger partial charge is 0.424 e. The number of aromatic nitrogens is 1. The summed E-state index contributed by atoms with van der Waals surface area (Å²) in [7, 11) is 0. The van der Waals surface area contributed by atoms with Gasteiger partial charge in [0.25, 0.3) is 6.01 Å². The topological polar surface area (TPSA) is 67.2 Å². The van der Waals surface area contributed by atoms with Crippen LogP contribution < -0.4 is 10.6 Å². The van der Waals surface area contributed by atoms with Crippen LogP contribution in [0, 0.1) is 0 Å². The third kappa shape index (κ3) is 4.46. The van der Waals surface area contributed by atoms with Gasteiger partial charge in [-0.1, -0.05) is 22.9 Å². The summed E-state index contributed by atoms with van der Waals surface area (Å²) < 4.78 is 6.62. The highest BCUT2D eigenvalue weighted by Gasteiger charge is 2.13. The number of carbonyl (C=O) groups is 1. The molecule has 0 radical (unpaired) electrons. The Morgan fingerprint density at radius 2 is 2.14 bits per heavy atom. The first kappa shape index (κ1) is 15.8. The summed E-state index contributed by atoms with van der Waals surface area (Å²) in [5.41, 5.74) is 1.56. The molecule has 2 atom stereocenters. The van der Waals surface area contributed by atoms with Crippen molar-refractivity contribution in [2.24, 2.45) is 0 Å². The monoisotopic (exact) mass is 353 g/mol. The van der Waals surface area contributed by atoms with E-state index in [0.717, 1.165) is 22.0 Å². The summed E-state index contributed by atoms with van der Waals surface area (Å²) in [6, 6.07) is 6.49. The van der Waals surface area contributed by atoms with Crippen molar-refractivity contribution >= 4 is 39.0 Å². The smallest absolute Gasteiger partial charge is 0.295 e. The van der Waals surface area contributed by atoms with E-state index in [0.29, 0.717) is 12.4 Å². The van der Waals surface area contributed by atoms with Crippen molar-refractivity contribution in [3.63, 3.8) is 0 Å². The number of rotatable bonds is 6. The van der Waals surface area contributed by atoms with Gasteiger partial charge in [0.15, 0.2) is 5.58 Å². The van der Waals surface area contributed by atoms with Crippen molar-refractivity contribution < 1.29 is 9.21 Å². The van der Waals surface area contributed by atoms with Crippen LogP contribution in [0.15, 0.2) is 27.1 Å². The van der Waals surface area contributed by atoms with Crippen molar-refractivity contribution in [2.75, 3.05) is 5.32 Å². The minimum Gasteiger partial charge on any atom is -0.424 e. The lowest BCUT2D eigenvalue weighted by molar-refractivity contribution is -0.121. The second kappa shape index (κ2) is 6.93. The molecule has 2 unspecified atom stereocenters. The zero-order valence-corrected chi connectivity index (χ0v) is 14.0. The van der Waals surface area contributed by atoms with E-state index >= 15 is 0 Å². The van der Waals surface area contributed by atoms with Gasteiger partial charge in [0.1, 0.15) is 5.52 Å². The fraction of sp³-hybridized carbons (Fsp3) is 0.467. The van der Waals surface area contributed by atoms with Gasteiger partial charge < -0.3 is 15.1 Å². The van der Waals surface area contributed by atoms with E-state index in [4.69, 9.17) is 4.42 Å². The van der Waals surface area contributed by atoms with Crippen molar-refractivity contribution in [1.29, 1.82) is 0 Å².